The molecule has 0 aliphatic carbocycles. The molecule has 1 unspecified atom stereocenters. The Morgan fingerprint density at radius 2 is 1.00 bits per heavy atom. The van der Waals surface area contributed by atoms with Crippen LogP contribution in [0.15, 0.2) is 24.3 Å². The number of aliphatic hydroxyl groups is 1. The van der Waals surface area contributed by atoms with Crippen molar-refractivity contribution in [3.8, 4) is 0 Å². The summed E-state index contributed by atoms with van der Waals surface area (Å²) in [4.78, 5) is 19.2. The molecule has 0 bridgehead atoms. The molecule has 0 saturated carbocycles. The normalized spacial score (nSPS) is 14.9. The maximum atomic E-state index is 11.8. The Kier molecular flexibility index (Phi) is 19.4. The van der Waals surface area contributed by atoms with Crippen LogP contribution in [0.25, 0.3) is 0 Å². The first-order valence-corrected chi connectivity index (χ1v) is 15.5. The molecule has 0 aromatic rings. The highest BCUT2D eigenvalue weighted by atomic mass is 31.2. The third kappa shape index (κ3) is 19.8. The van der Waals surface area contributed by atoms with Crippen molar-refractivity contribution >= 4 is 7.60 Å². The van der Waals surface area contributed by atoms with Gasteiger partial charge < -0.3 is 19.4 Å². The Morgan fingerprint density at radius 1 is 0.647 bits per heavy atom. The van der Waals surface area contributed by atoms with Crippen molar-refractivity contribution in [2.75, 3.05) is 27.7 Å². The van der Waals surface area contributed by atoms with E-state index < -0.39 is 12.9 Å². The summed E-state index contributed by atoms with van der Waals surface area (Å²) in [7, 11) is 0.945. The number of likely N-dealkylation sites (N-methyl/N-ethyl adjacent to an activating group) is 1. The Bertz CT molecular complexity index is 579. The zero-order valence-corrected chi connectivity index (χ0v) is 23.8. The van der Waals surface area contributed by atoms with Crippen LogP contribution in [0.3, 0.4) is 0 Å². The van der Waals surface area contributed by atoms with Crippen LogP contribution in [0.4, 0.5) is 0 Å². The van der Waals surface area contributed by atoms with Gasteiger partial charge in [0.05, 0.1) is 21.1 Å². The highest BCUT2D eigenvalue weighted by Gasteiger charge is 2.48. The second-order valence-electron chi connectivity index (χ2n) is 11.1. The number of rotatable bonds is 23. The van der Waals surface area contributed by atoms with Gasteiger partial charge in [0.2, 0.25) is 5.34 Å². The lowest BCUT2D eigenvalue weighted by Crippen LogP contribution is -2.49. The molecule has 0 aromatic heterocycles. The molecule has 0 amide bonds. The summed E-state index contributed by atoms with van der Waals surface area (Å²) >= 11 is 0. The van der Waals surface area contributed by atoms with Gasteiger partial charge in [0.25, 0.3) is 0 Å². The van der Waals surface area contributed by atoms with Crippen molar-refractivity contribution in [1.29, 1.82) is 0 Å². The lowest BCUT2D eigenvalue weighted by molar-refractivity contribution is -0.875. The van der Waals surface area contributed by atoms with E-state index in [1.54, 1.807) is 0 Å². The van der Waals surface area contributed by atoms with Crippen LogP contribution in [0.1, 0.15) is 122 Å². The summed E-state index contributed by atoms with van der Waals surface area (Å²) in [5.41, 5.74) is 0. The first-order valence-electron chi connectivity index (χ1n) is 13.9. The van der Waals surface area contributed by atoms with Crippen LogP contribution in [0.2, 0.25) is 0 Å². The third-order valence-electron chi connectivity index (χ3n) is 6.27. The number of unbranched alkanes of at least 4 members (excludes halogenated alkanes) is 14. The monoisotopic (exact) mass is 502 g/mol. The average molecular weight is 503 g/mol. The number of quaternary nitrogens is 1. The van der Waals surface area contributed by atoms with Gasteiger partial charge in [-0.15, -0.1) is 0 Å². The fourth-order valence-corrected chi connectivity index (χ4v) is 5.37. The second kappa shape index (κ2) is 19.7. The van der Waals surface area contributed by atoms with Gasteiger partial charge >= 0.3 is 7.60 Å². The molecule has 0 rings (SSSR count). The summed E-state index contributed by atoms with van der Waals surface area (Å²) in [5.74, 6) is 0. The Morgan fingerprint density at radius 3 is 1.35 bits per heavy atom. The van der Waals surface area contributed by atoms with E-state index in [2.05, 4.69) is 31.2 Å². The summed E-state index contributed by atoms with van der Waals surface area (Å²) < 4.78 is 12.1. The van der Waals surface area contributed by atoms with E-state index in [9.17, 15) is 19.5 Å². The predicted octanol–water partition coefficient (Wildman–Crippen LogP) is 7.71. The first-order chi connectivity index (χ1) is 16.0. The lowest BCUT2D eigenvalue weighted by atomic mass is 10.1. The van der Waals surface area contributed by atoms with E-state index >= 15 is 0 Å². The van der Waals surface area contributed by atoms with E-state index in [-0.39, 0.29) is 13.0 Å². The van der Waals surface area contributed by atoms with E-state index in [0.717, 1.165) is 25.7 Å². The fourth-order valence-electron chi connectivity index (χ4n) is 4.32. The van der Waals surface area contributed by atoms with Crippen molar-refractivity contribution in [3.63, 3.8) is 0 Å². The largest absolute Gasteiger partial charge is 0.373 e. The topological polar surface area (TPSA) is 77.8 Å². The van der Waals surface area contributed by atoms with Crippen molar-refractivity contribution in [3.05, 3.63) is 24.3 Å². The molecular weight excluding hydrogens is 445 g/mol. The molecule has 6 heteroatoms. The van der Waals surface area contributed by atoms with Gasteiger partial charge in [-0.05, 0) is 64.2 Å². The molecule has 0 fully saturated rings. The molecule has 0 aliphatic heterocycles. The maximum absolute atomic E-state index is 11.8. The van der Waals surface area contributed by atoms with E-state index in [4.69, 9.17) is 0 Å². The van der Waals surface area contributed by atoms with Crippen LogP contribution in [0.5, 0.6) is 0 Å². The van der Waals surface area contributed by atoms with E-state index in [1.165, 1.54) is 77.0 Å². The molecule has 34 heavy (non-hydrogen) atoms. The predicted molar refractivity (Wildman–Crippen MR) is 147 cm³/mol. The van der Waals surface area contributed by atoms with Crippen LogP contribution in [0, 0.1) is 0 Å². The number of allylic oxidation sites excluding steroid dienone is 4. The highest BCUT2D eigenvalue weighted by Crippen LogP contribution is 2.52. The van der Waals surface area contributed by atoms with Crippen LogP contribution < -0.4 is 0 Å². The standard InChI is InChI=1S/C28H56NO4P/c1-5-6-7-8-9-10-11-12-13-14-15-16-17-18-19-20-21-22-23-24-25-26-28(30,34(31,32)33)27-29(2,3)4/h11-12,20-21,30H,5-10,13-19,22-27H2,1-4H3,(H-,31,32,33)/p+1/b12-11-,21-20-. The summed E-state index contributed by atoms with van der Waals surface area (Å²) in [6, 6.07) is 0. The number of hydrogen-bond donors (Lipinski definition) is 3. The molecule has 1 atom stereocenters. The average Bonchev–Trinajstić information content (AvgIpc) is 2.73. The Balaban J connectivity index is 3.62. The highest BCUT2D eigenvalue weighted by molar-refractivity contribution is 7.53. The minimum Gasteiger partial charge on any atom is -0.373 e. The molecule has 0 aliphatic rings. The van der Waals surface area contributed by atoms with Crippen LogP contribution in [-0.4, -0.2) is 52.4 Å². The third-order valence-corrected chi connectivity index (χ3v) is 7.72. The summed E-state index contributed by atoms with van der Waals surface area (Å²) in [6.07, 6.45) is 29.9. The molecule has 0 radical (unpaired) electrons. The van der Waals surface area contributed by atoms with Gasteiger partial charge in [-0.25, -0.2) is 0 Å². The van der Waals surface area contributed by atoms with Crippen molar-refractivity contribution in [1.82, 2.24) is 0 Å². The molecule has 0 heterocycles. The van der Waals surface area contributed by atoms with Gasteiger partial charge in [0.15, 0.2) is 0 Å². The zero-order chi connectivity index (χ0) is 25.8. The molecule has 3 N–H and O–H groups in total. The molecule has 0 saturated heterocycles. The van der Waals surface area contributed by atoms with Gasteiger partial charge in [-0.1, -0.05) is 82.6 Å². The molecule has 0 aromatic carbocycles. The maximum Gasteiger partial charge on any atom is 0.362 e. The van der Waals surface area contributed by atoms with E-state index in [0.29, 0.717) is 10.9 Å². The van der Waals surface area contributed by atoms with Crippen molar-refractivity contribution in [2.24, 2.45) is 0 Å². The summed E-state index contributed by atoms with van der Waals surface area (Å²) in [6.45, 7) is 2.31. The smallest absolute Gasteiger partial charge is 0.362 e. The Labute approximate surface area is 211 Å². The molecule has 5 nitrogen and oxygen atoms in total. The van der Waals surface area contributed by atoms with E-state index in [1.807, 2.05) is 21.1 Å². The number of hydrogen-bond acceptors (Lipinski definition) is 2. The number of nitrogens with zero attached hydrogens (tertiary/aromatic N) is 1. The van der Waals surface area contributed by atoms with Gasteiger partial charge in [-0.2, -0.15) is 0 Å². The van der Waals surface area contributed by atoms with Crippen molar-refractivity contribution < 1.29 is 23.9 Å². The van der Waals surface area contributed by atoms with Gasteiger partial charge in [0, 0.05) is 0 Å². The summed E-state index contributed by atoms with van der Waals surface area (Å²) in [5, 5.41) is 8.62. The lowest BCUT2D eigenvalue weighted by Gasteiger charge is -2.35. The Hall–Kier alpha value is -0.450. The SMILES string of the molecule is CCCCCCC/C=C\CCCCCCC/C=C\CCCCCC(O)(C[N+](C)(C)C)P(=O)(O)O. The first kappa shape index (κ1) is 33.5. The van der Waals surface area contributed by atoms with Crippen LogP contribution in [-0.2, 0) is 4.57 Å². The molecular formula is C28H57NO4P+. The quantitative estimate of drug-likeness (QED) is 0.0578. The minimum atomic E-state index is -4.56. The van der Waals surface area contributed by atoms with Crippen LogP contribution >= 0.6 is 7.60 Å². The molecule has 202 valence electrons. The van der Waals surface area contributed by atoms with Gasteiger partial charge in [0.1, 0.15) is 6.54 Å². The second-order valence-corrected chi connectivity index (χ2v) is 13.0. The molecule has 0 spiro atoms. The van der Waals surface area contributed by atoms with Gasteiger partial charge in [-0.3, -0.25) is 4.57 Å². The van der Waals surface area contributed by atoms with Crippen molar-refractivity contribution in [2.45, 2.75) is 128 Å². The zero-order valence-electron chi connectivity index (χ0n) is 22.9. The fraction of sp³-hybridized carbons (Fsp3) is 0.857. The minimum absolute atomic E-state index is 0.0487.